The number of sulfonamides is 1. The number of benzene rings is 2. The molecule has 0 saturated heterocycles. The highest BCUT2D eigenvalue weighted by Gasteiger charge is 2.18. The van der Waals surface area contributed by atoms with Crippen molar-refractivity contribution in [2.45, 2.75) is 13.5 Å². The van der Waals surface area contributed by atoms with Crippen molar-refractivity contribution in [3.8, 4) is 0 Å². The zero-order valence-corrected chi connectivity index (χ0v) is 12.2. The summed E-state index contributed by atoms with van der Waals surface area (Å²) in [6.45, 7) is 2.15. The van der Waals surface area contributed by atoms with Crippen molar-refractivity contribution in [2.24, 2.45) is 0 Å². The van der Waals surface area contributed by atoms with Crippen molar-refractivity contribution in [1.29, 1.82) is 0 Å². The van der Waals surface area contributed by atoms with Crippen LogP contribution in [0.25, 0.3) is 0 Å². The van der Waals surface area contributed by atoms with Crippen LogP contribution in [0.4, 0.5) is 10.1 Å². The summed E-state index contributed by atoms with van der Waals surface area (Å²) in [5.41, 5.74) is 2.28. The molecule has 0 aromatic heterocycles. The summed E-state index contributed by atoms with van der Waals surface area (Å²) in [5, 5.41) is 0. The molecule has 20 heavy (non-hydrogen) atoms. The van der Waals surface area contributed by atoms with Crippen LogP contribution in [0, 0.1) is 12.7 Å². The Kier molecular flexibility index (Phi) is 4.09. The molecular weight excluding hydrogens is 277 g/mol. The van der Waals surface area contributed by atoms with E-state index >= 15 is 0 Å². The number of anilines is 1. The maximum absolute atomic E-state index is 13.3. The van der Waals surface area contributed by atoms with E-state index in [-0.39, 0.29) is 6.54 Å². The fourth-order valence-corrected chi connectivity index (χ4v) is 2.77. The van der Waals surface area contributed by atoms with Crippen LogP contribution in [0.2, 0.25) is 0 Å². The number of nitrogens with zero attached hydrogens (tertiary/aromatic N) is 1. The lowest BCUT2D eigenvalue weighted by molar-refractivity contribution is 0.595. The second kappa shape index (κ2) is 5.63. The van der Waals surface area contributed by atoms with Crippen LogP contribution >= 0.6 is 0 Å². The maximum atomic E-state index is 13.3. The van der Waals surface area contributed by atoms with Crippen LogP contribution in [0.15, 0.2) is 48.5 Å². The van der Waals surface area contributed by atoms with E-state index in [4.69, 9.17) is 0 Å². The predicted octanol–water partition coefficient (Wildman–Crippen LogP) is 3.10. The Morgan fingerprint density at radius 1 is 1.10 bits per heavy atom. The lowest BCUT2D eigenvalue weighted by Gasteiger charge is -2.22. The highest BCUT2D eigenvalue weighted by atomic mass is 32.2. The number of halogens is 1. The quantitative estimate of drug-likeness (QED) is 0.868. The van der Waals surface area contributed by atoms with E-state index in [1.807, 2.05) is 31.2 Å². The van der Waals surface area contributed by atoms with Crippen LogP contribution in [0.3, 0.4) is 0 Å². The van der Waals surface area contributed by atoms with E-state index < -0.39 is 15.8 Å². The molecule has 2 aromatic carbocycles. The van der Waals surface area contributed by atoms with Gasteiger partial charge in [-0.05, 0) is 30.7 Å². The molecular formula is C15H16FNO2S. The van der Waals surface area contributed by atoms with Gasteiger partial charge in [0.1, 0.15) is 5.82 Å². The standard InChI is InChI=1S/C15H16FNO2S/c1-12-6-8-13(9-7-12)11-17(20(2,18)19)15-5-3-4-14(16)10-15/h3-10H,11H2,1-2H3. The molecule has 0 atom stereocenters. The van der Waals surface area contributed by atoms with Gasteiger partial charge in [0.25, 0.3) is 0 Å². The molecule has 0 fully saturated rings. The lowest BCUT2D eigenvalue weighted by Crippen LogP contribution is -2.29. The molecule has 0 saturated carbocycles. The molecule has 3 nitrogen and oxygen atoms in total. The Labute approximate surface area is 118 Å². The third kappa shape index (κ3) is 3.57. The van der Waals surface area contributed by atoms with E-state index in [2.05, 4.69) is 0 Å². The molecule has 0 amide bonds. The highest BCUT2D eigenvalue weighted by molar-refractivity contribution is 7.92. The molecule has 0 radical (unpaired) electrons. The van der Waals surface area contributed by atoms with Crippen molar-refractivity contribution in [1.82, 2.24) is 0 Å². The van der Waals surface area contributed by atoms with Gasteiger partial charge in [-0.2, -0.15) is 0 Å². The predicted molar refractivity (Wildman–Crippen MR) is 78.6 cm³/mol. The summed E-state index contributed by atoms with van der Waals surface area (Å²) >= 11 is 0. The molecule has 5 heteroatoms. The fourth-order valence-electron chi connectivity index (χ4n) is 1.89. The maximum Gasteiger partial charge on any atom is 0.232 e. The van der Waals surface area contributed by atoms with Gasteiger partial charge in [0.05, 0.1) is 18.5 Å². The zero-order valence-electron chi connectivity index (χ0n) is 11.4. The SMILES string of the molecule is Cc1ccc(CN(c2cccc(F)c2)S(C)(=O)=O)cc1. The number of rotatable bonds is 4. The van der Waals surface area contributed by atoms with Gasteiger partial charge in [0.2, 0.25) is 10.0 Å². The fraction of sp³-hybridized carbons (Fsp3) is 0.200. The molecule has 0 bridgehead atoms. The third-order valence-corrected chi connectivity index (χ3v) is 4.08. The first-order valence-electron chi connectivity index (χ1n) is 6.15. The van der Waals surface area contributed by atoms with Gasteiger partial charge in [-0.15, -0.1) is 0 Å². The lowest BCUT2D eigenvalue weighted by atomic mass is 10.1. The van der Waals surface area contributed by atoms with Gasteiger partial charge in [-0.3, -0.25) is 4.31 Å². The third-order valence-electron chi connectivity index (χ3n) is 2.94. The van der Waals surface area contributed by atoms with Gasteiger partial charge in [0.15, 0.2) is 0 Å². The van der Waals surface area contributed by atoms with Gasteiger partial charge >= 0.3 is 0 Å². The Hall–Kier alpha value is -1.88. The second-order valence-electron chi connectivity index (χ2n) is 4.74. The summed E-state index contributed by atoms with van der Waals surface area (Å²) in [5.74, 6) is -0.458. The first-order chi connectivity index (χ1) is 9.36. The second-order valence-corrected chi connectivity index (χ2v) is 6.64. The van der Waals surface area contributed by atoms with E-state index in [0.29, 0.717) is 5.69 Å². The van der Waals surface area contributed by atoms with E-state index in [1.54, 1.807) is 6.07 Å². The van der Waals surface area contributed by atoms with Crippen LogP contribution < -0.4 is 4.31 Å². The molecule has 2 aromatic rings. The van der Waals surface area contributed by atoms with Crippen molar-refractivity contribution in [3.63, 3.8) is 0 Å². The molecule has 2 rings (SSSR count). The first-order valence-corrected chi connectivity index (χ1v) is 8.00. The smallest absolute Gasteiger partial charge is 0.232 e. The molecule has 0 aliphatic heterocycles. The number of hydrogen-bond acceptors (Lipinski definition) is 2. The topological polar surface area (TPSA) is 37.4 Å². The summed E-state index contributed by atoms with van der Waals surface area (Å²) < 4.78 is 38.3. The van der Waals surface area contributed by atoms with Crippen molar-refractivity contribution in [2.75, 3.05) is 10.6 Å². The van der Waals surface area contributed by atoms with Crippen molar-refractivity contribution >= 4 is 15.7 Å². The molecule has 0 aliphatic carbocycles. The normalized spacial score (nSPS) is 11.3. The minimum atomic E-state index is -3.48. The Balaban J connectivity index is 2.37. The van der Waals surface area contributed by atoms with Gasteiger partial charge in [-0.25, -0.2) is 12.8 Å². The molecule has 0 heterocycles. The summed E-state index contributed by atoms with van der Waals surface area (Å²) in [6.07, 6.45) is 1.12. The van der Waals surface area contributed by atoms with Crippen LogP contribution in [0.1, 0.15) is 11.1 Å². The zero-order chi connectivity index (χ0) is 14.8. The molecule has 106 valence electrons. The van der Waals surface area contributed by atoms with Crippen LogP contribution in [0.5, 0.6) is 0 Å². The molecule has 0 aliphatic rings. The monoisotopic (exact) mass is 293 g/mol. The van der Waals surface area contributed by atoms with Crippen molar-refractivity contribution in [3.05, 3.63) is 65.5 Å². The minimum Gasteiger partial charge on any atom is -0.266 e. The van der Waals surface area contributed by atoms with Gasteiger partial charge in [0, 0.05) is 0 Å². The molecule has 0 unspecified atom stereocenters. The van der Waals surface area contributed by atoms with E-state index in [9.17, 15) is 12.8 Å². The Morgan fingerprint density at radius 3 is 2.30 bits per heavy atom. The van der Waals surface area contributed by atoms with Crippen LogP contribution in [-0.2, 0) is 16.6 Å². The number of aryl methyl sites for hydroxylation is 1. The van der Waals surface area contributed by atoms with Crippen molar-refractivity contribution < 1.29 is 12.8 Å². The number of hydrogen-bond donors (Lipinski definition) is 0. The average molecular weight is 293 g/mol. The Bertz CT molecular complexity index is 696. The van der Waals surface area contributed by atoms with Gasteiger partial charge < -0.3 is 0 Å². The van der Waals surface area contributed by atoms with E-state index in [0.717, 1.165) is 17.4 Å². The first kappa shape index (κ1) is 14.5. The Morgan fingerprint density at radius 2 is 1.75 bits per heavy atom. The highest BCUT2D eigenvalue weighted by Crippen LogP contribution is 2.21. The van der Waals surface area contributed by atoms with E-state index in [1.165, 1.54) is 22.5 Å². The summed E-state index contributed by atoms with van der Waals surface area (Å²) in [4.78, 5) is 0. The molecule has 0 N–H and O–H groups in total. The summed E-state index contributed by atoms with van der Waals surface area (Å²) in [6, 6.07) is 13.2. The largest absolute Gasteiger partial charge is 0.266 e. The molecule has 0 spiro atoms. The minimum absolute atomic E-state index is 0.183. The average Bonchev–Trinajstić information content (AvgIpc) is 2.36. The van der Waals surface area contributed by atoms with Gasteiger partial charge in [-0.1, -0.05) is 35.9 Å². The van der Waals surface area contributed by atoms with Crippen LogP contribution in [-0.4, -0.2) is 14.7 Å². The summed E-state index contributed by atoms with van der Waals surface area (Å²) in [7, 11) is -3.48.